The molecule has 85 heavy (non-hydrogen) atoms. The number of hydrogen-bond acceptors (Lipinski definition) is 3. The van der Waals surface area contributed by atoms with Crippen LogP contribution >= 0.6 is 0 Å². The fourth-order valence-electron chi connectivity index (χ4n) is 14.1. The number of nitrogens with zero attached hydrogens (tertiary/aromatic N) is 4. The van der Waals surface area contributed by atoms with Gasteiger partial charge in [0.1, 0.15) is 5.82 Å². The van der Waals surface area contributed by atoms with Crippen LogP contribution in [0.2, 0.25) is 0 Å². The number of anilines is 9. The van der Waals surface area contributed by atoms with Gasteiger partial charge in [0.05, 0.1) is 16.9 Å². The molecule has 0 N–H and O–H groups in total. The van der Waals surface area contributed by atoms with Crippen molar-refractivity contribution in [2.24, 2.45) is 0 Å². The summed E-state index contributed by atoms with van der Waals surface area (Å²) < 4.78 is 2.64. The SMILES string of the molecule is CC(C)(C)c1ccc(N2c3cc4c(cc3B3c5c2cc(N(c2ccccc2)c2ccccc2)cc5N(c2ccc(C(C)(C)C)cc2-c2ccccc2)c2c3c3cc(C(C)(C)C)ccc3n2-c2ccc(C(C)(C)C)cc2)C(C)(C)CCC4(C)C)cc1. The molecular weight excluding hydrogens is 1030 g/mol. The van der Waals surface area contributed by atoms with Crippen molar-refractivity contribution >= 4 is 85.3 Å². The molecule has 3 heterocycles. The molecule has 13 rings (SSSR count). The molecule has 0 spiro atoms. The van der Waals surface area contributed by atoms with Crippen molar-refractivity contribution in [2.45, 2.75) is 156 Å². The second-order valence-corrected chi connectivity index (χ2v) is 30.2. The fraction of sp³-hybridized carbons (Fsp3) is 0.300. The summed E-state index contributed by atoms with van der Waals surface area (Å²) in [5, 5.41) is 1.28. The highest BCUT2D eigenvalue weighted by atomic mass is 15.3. The van der Waals surface area contributed by atoms with Gasteiger partial charge in [0.2, 0.25) is 0 Å². The summed E-state index contributed by atoms with van der Waals surface area (Å²) in [5.41, 5.74) is 25.7. The smallest absolute Gasteiger partial charge is 0.255 e. The topological polar surface area (TPSA) is 14.7 Å². The molecule has 0 saturated carbocycles. The maximum Gasteiger partial charge on any atom is 0.255 e. The summed E-state index contributed by atoms with van der Waals surface area (Å²) >= 11 is 0. The fourth-order valence-corrected chi connectivity index (χ4v) is 14.1. The Morgan fingerprint density at radius 1 is 0.388 bits per heavy atom. The highest BCUT2D eigenvalue weighted by Gasteiger charge is 2.50. The highest BCUT2D eigenvalue weighted by Crippen LogP contribution is 2.54. The third kappa shape index (κ3) is 9.52. The van der Waals surface area contributed by atoms with Gasteiger partial charge in [0, 0.05) is 45.4 Å². The lowest BCUT2D eigenvalue weighted by Crippen LogP contribution is -2.62. The van der Waals surface area contributed by atoms with Crippen LogP contribution in [-0.2, 0) is 32.5 Å². The van der Waals surface area contributed by atoms with Crippen LogP contribution < -0.4 is 31.1 Å². The maximum absolute atomic E-state index is 2.71. The molecular formula is C80H85BN4. The van der Waals surface area contributed by atoms with Gasteiger partial charge >= 0.3 is 0 Å². The van der Waals surface area contributed by atoms with Gasteiger partial charge in [-0.3, -0.25) is 9.47 Å². The molecule has 0 unspecified atom stereocenters. The molecule has 1 aliphatic carbocycles. The maximum atomic E-state index is 2.71. The molecule has 9 aromatic carbocycles. The van der Waals surface area contributed by atoms with Gasteiger partial charge in [-0.15, -0.1) is 0 Å². The molecule has 0 atom stereocenters. The van der Waals surface area contributed by atoms with Crippen LogP contribution in [-0.4, -0.2) is 11.3 Å². The molecule has 5 heteroatoms. The van der Waals surface area contributed by atoms with E-state index in [1.54, 1.807) is 0 Å². The third-order valence-electron chi connectivity index (χ3n) is 19.2. The van der Waals surface area contributed by atoms with Gasteiger partial charge in [-0.1, -0.05) is 220 Å². The Morgan fingerprint density at radius 2 is 0.847 bits per heavy atom. The summed E-state index contributed by atoms with van der Waals surface area (Å²) in [6, 6.07) is 77.4. The normalized spacial score (nSPS) is 15.3. The van der Waals surface area contributed by atoms with E-state index in [-0.39, 0.29) is 39.2 Å². The molecule has 0 saturated heterocycles. The number of benzene rings is 9. The second-order valence-electron chi connectivity index (χ2n) is 30.2. The Bertz CT molecular complexity index is 4160. The Morgan fingerprint density at radius 3 is 1.38 bits per heavy atom. The zero-order valence-electron chi connectivity index (χ0n) is 53.3. The lowest BCUT2D eigenvalue weighted by molar-refractivity contribution is 0.332. The molecule has 10 aromatic rings. The van der Waals surface area contributed by atoms with Crippen molar-refractivity contribution in [1.82, 2.24) is 4.57 Å². The lowest BCUT2D eigenvalue weighted by atomic mass is 9.33. The lowest BCUT2D eigenvalue weighted by Gasteiger charge is -2.47. The average Bonchev–Trinajstić information content (AvgIpc) is 1.69. The number of rotatable bonds is 7. The van der Waals surface area contributed by atoms with Gasteiger partial charge in [0.15, 0.2) is 0 Å². The Kier molecular flexibility index (Phi) is 13.1. The van der Waals surface area contributed by atoms with E-state index in [0.717, 1.165) is 52.7 Å². The average molecular weight is 1110 g/mol. The first kappa shape index (κ1) is 56.1. The predicted molar refractivity (Wildman–Crippen MR) is 368 cm³/mol. The zero-order valence-corrected chi connectivity index (χ0v) is 53.3. The van der Waals surface area contributed by atoms with Gasteiger partial charge in [-0.25, -0.2) is 0 Å². The summed E-state index contributed by atoms with van der Waals surface area (Å²) in [5.74, 6) is 1.17. The van der Waals surface area contributed by atoms with Crippen molar-refractivity contribution in [3.63, 3.8) is 0 Å². The van der Waals surface area contributed by atoms with E-state index in [0.29, 0.717) is 0 Å². The van der Waals surface area contributed by atoms with E-state index in [9.17, 15) is 0 Å². The number of para-hydroxylation sites is 2. The number of fused-ring (bicyclic) bond motifs is 7. The minimum Gasteiger partial charge on any atom is -0.311 e. The van der Waals surface area contributed by atoms with Gasteiger partial charge < -0.3 is 9.80 Å². The monoisotopic (exact) mass is 1110 g/mol. The van der Waals surface area contributed by atoms with E-state index < -0.39 is 0 Å². The molecule has 3 aliphatic rings. The number of aromatic nitrogens is 1. The standard InChI is InChI=1S/C80H85BN4/c1-75(2,3)53-32-38-59(39-33-53)83-69-51-65-64(79(13,14)44-45-80(65,15)16)50-66(69)81-72-63-47-56(78(10,11)12)37-43-68(63)84(60-40-34-54(35-41-60)76(4,5)6)74(72)85(67-42-36-55(77(7,8)9)46-62(67)52-26-20-17-21-27-52)71-49-61(48-70(83)73(71)81)82(57-28-22-18-23-29-57)58-30-24-19-25-31-58/h17-43,46-51H,44-45H2,1-16H3. The molecule has 0 radical (unpaired) electrons. The molecule has 4 nitrogen and oxygen atoms in total. The highest BCUT2D eigenvalue weighted by molar-refractivity contribution is 7.01. The van der Waals surface area contributed by atoms with Crippen molar-refractivity contribution in [3.05, 3.63) is 234 Å². The van der Waals surface area contributed by atoms with E-state index in [4.69, 9.17) is 0 Å². The van der Waals surface area contributed by atoms with Crippen molar-refractivity contribution in [1.29, 1.82) is 0 Å². The van der Waals surface area contributed by atoms with Crippen LogP contribution in [0.1, 0.15) is 157 Å². The molecule has 0 bridgehead atoms. The van der Waals surface area contributed by atoms with Crippen molar-refractivity contribution < 1.29 is 0 Å². The molecule has 0 amide bonds. The van der Waals surface area contributed by atoms with E-state index in [1.807, 2.05) is 0 Å². The Labute approximate surface area is 508 Å². The van der Waals surface area contributed by atoms with Crippen LogP contribution in [0.4, 0.5) is 51.3 Å². The quantitative estimate of drug-likeness (QED) is 0.148. The summed E-state index contributed by atoms with van der Waals surface area (Å²) in [4.78, 5) is 7.86. The van der Waals surface area contributed by atoms with Crippen molar-refractivity contribution in [3.8, 4) is 16.8 Å². The Hall–Kier alpha value is -8.02. The summed E-state index contributed by atoms with van der Waals surface area (Å²) in [7, 11) is 0. The molecule has 0 fully saturated rings. The van der Waals surface area contributed by atoms with Crippen LogP contribution in [0.15, 0.2) is 200 Å². The van der Waals surface area contributed by atoms with Gasteiger partial charge in [0.25, 0.3) is 6.71 Å². The van der Waals surface area contributed by atoms with Crippen molar-refractivity contribution in [2.75, 3.05) is 14.7 Å². The first-order valence-corrected chi connectivity index (χ1v) is 31.2. The van der Waals surface area contributed by atoms with Crippen LogP contribution in [0.25, 0.3) is 27.7 Å². The first-order valence-electron chi connectivity index (χ1n) is 31.2. The summed E-state index contributed by atoms with van der Waals surface area (Å²) in [6.07, 6.45) is 2.25. The summed E-state index contributed by atoms with van der Waals surface area (Å²) in [6.45, 7) is 37.9. The van der Waals surface area contributed by atoms with Gasteiger partial charge in [-0.2, -0.15) is 0 Å². The molecule has 1 aromatic heterocycles. The first-order chi connectivity index (χ1) is 40.2. The molecule has 428 valence electrons. The predicted octanol–water partition coefficient (Wildman–Crippen LogP) is 20.4. The minimum atomic E-state index is -0.166. The van der Waals surface area contributed by atoms with Gasteiger partial charge in [-0.05, 0) is 197 Å². The van der Waals surface area contributed by atoms with E-state index in [1.165, 1.54) is 89.0 Å². The van der Waals surface area contributed by atoms with Crippen LogP contribution in [0.3, 0.4) is 0 Å². The Balaban J connectivity index is 1.27. The zero-order chi connectivity index (χ0) is 59.9. The second kappa shape index (κ2) is 19.8. The van der Waals surface area contributed by atoms with Crippen LogP contribution in [0.5, 0.6) is 0 Å². The molecule has 2 aliphatic heterocycles. The van der Waals surface area contributed by atoms with E-state index >= 15 is 0 Å². The number of hydrogen-bond donors (Lipinski definition) is 0. The third-order valence-corrected chi connectivity index (χ3v) is 19.2. The van der Waals surface area contributed by atoms with E-state index in [2.05, 4.69) is 330 Å². The van der Waals surface area contributed by atoms with Crippen LogP contribution in [0, 0.1) is 0 Å². The minimum absolute atomic E-state index is 0.0217. The largest absolute Gasteiger partial charge is 0.311 e.